The van der Waals surface area contributed by atoms with E-state index in [1.165, 1.54) is 32.1 Å². The van der Waals surface area contributed by atoms with Crippen LogP contribution in [0.1, 0.15) is 149 Å². The maximum absolute atomic E-state index is 12.6. The van der Waals surface area contributed by atoms with Gasteiger partial charge in [0.15, 0.2) is 0 Å². The van der Waals surface area contributed by atoms with Gasteiger partial charge in [0, 0.05) is 6.42 Å². The van der Waals surface area contributed by atoms with Crippen LogP contribution >= 0.6 is 0 Å². The van der Waals surface area contributed by atoms with Crippen LogP contribution in [0.25, 0.3) is 0 Å². The summed E-state index contributed by atoms with van der Waals surface area (Å²) in [5, 5.41) is 11.9. The molecule has 0 spiro atoms. The van der Waals surface area contributed by atoms with Crippen molar-refractivity contribution in [2.24, 2.45) is 5.73 Å². The SMILES string of the molecule is CC/C=C\C/C=C\C/C=C\C/C=C\C/C=C\CC(=O)OC(CCCCCCCC)CCCCCCC(=O)NC(CCCN)C(=O)O. The third kappa shape index (κ3) is 29.8. The van der Waals surface area contributed by atoms with Crippen molar-refractivity contribution in [2.45, 2.75) is 161 Å². The van der Waals surface area contributed by atoms with Gasteiger partial charge >= 0.3 is 11.9 Å². The number of carboxylic acid groups (broad SMARTS) is 1. The van der Waals surface area contributed by atoms with Crippen LogP contribution in [-0.2, 0) is 19.1 Å². The lowest BCUT2D eigenvalue weighted by Crippen LogP contribution is -2.40. The van der Waals surface area contributed by atoms with Crippen LogP contribution in [0.15, 0.2) is 60.8 Å². The summed E-state index contributed by atoms with van der Waals surface area (Å²) >= 11 is 0. The Morgan fingerprint density at radius 1 is 0.652 bits per heavy atom. The van der Waals surface area contributed by atoms with Crippen molar-refractivity contribution in [3.63, 3.8) is 0 Å². The molecule has 0 aromatic carbocycles. The maximum atomic E-state index is 12.6. The average Bonchev–Trinajstić information content (AvgIpc) is 3.04. The fourth-order valence-corrected chi connectivity index (χ4v) is 4.94. The smallest absolute Gasteiger partial charge is 0.326 e. The number of esters is 1. The molecule has 4 N–H and O–H groups in total. The zero-order valence-electron chi connectivity index (χ0n) is 29.1. The topological polar surface area (TPSA) is 119 Å². The van der Waals surface area contributed by atoms with Crippen LogP contribution in [0.3, 0.4) is 0 Å². The number of rotatable bonds is 31. The second-order valence-corrected chi connectivity index (χ2v) is 11.9. The lowest BCUT2D eigenvalue weighted by atomic mass is 10.0. The maximum Gasteiger partial charge on any atom is 0.326 e. The number of ether oxygens (including phenoxy) is 1. The van der Waals surface area contributed by atoms with Gasteiger partial charge in [-0.3, -0.25) is 9.59 Å². The molecule has 0 saturated heterocycles. The molecule has 0 radical (unpaired) electrons. The van der Waals surface area contributed by atoms with Gasteiger partial charge in [0.2, 0.25) is 5.91 Å². The molecule has 2 atom stereocenters. The fraction of sp³-hybridized carbons (Fsp3) is 0.667. The average molecular weight is 643 g/mol. The van der Waals surface area contributed by atoms with Crippen LogP contribution < -0.4 is 11.1 Å². The number of nitrogens with one attached hydrogen (secondary N) is 1. The summed E-state index contributed by atoms with van der Waals surface area (Å²) in [5.41, 5.74) is 5.46. The summed E-state index contributed by atoms with van der Waals surface area (Å²) in [4.78, 5) is 36.1. The molecule has 0 aliphatic heterocycles. The molecule has 0 aliphatic rings. The van der Waals surface area contributed by atoms with E-state index in [0.717, 1.165) is 70.6 Å². The quantitative estimate of drug-likeness (QED) is 0.0394. The van der Waals surface area contributed by atoms with E-state index in [-0.39, 0.29) is 24.4 Å². The third-order valence-electron chi connectivity index (χ3n) is 7.63. The zero-order chi connectivity index (χ0) is 33.9. The van der Waals surface area contributed by atoms with Crippen LogP contribution in [0.4, 0.5) is 0 Å². The van der Waals surface area contributed by atoms with Gasteiger partial charge in [-0.25, -0.2) is 4.79 Å². The van der Waals surface area contributed by atoms with E-state index in [9.17, 15) is 19.5 Å². The van der Waals surface area contributed by atoms with Crippen molar-refractivity contribution in [3.8, 4) is 0 Å². The van der Waals surface area contributed by atoms with E-state index in [1.54, 1.807) is 0 Å². The van der Waals surface area contributed by atoms with Crippen LogP contribution in [0.5, 0.6) is 0 Å². The Labute approximate surface area is 280 Å². The van der Waals surface area contributed by atoms with Crippen molar-refractivity contribution in [3.05, 3.63) is 60.8 Å². The van der Waals surface area contributed by atoms with Gasteiger partial charge in [-0.15, -0.1) is 0 Å². The van der Waals surface area contributed by atoms with Gasteiger partial charge in [-0.1, -0.05) is 120 Å². The number of hydrogen-bond acceptors (Lipinski definition) is 5. The van der Waals surface area contributed by atoms with E-state index < -0.39 is 12.0 Å². The Balaban J connectivity index is 4.38. The molecule has 0 bridgehead atoms. The number of aliphatic carboxylic acids is 1. The first-order valence-corrected chi connectivity index (χ1v) is 18.1. The second kappa shape index (κ2) is 33.4. The predicted molar refractivity (Wildman–Crippen MR) is 193 cm³/mol. The third-order valence-corrected chi connectivity index (χ3v) is 7.63. The minimum atomic E-state index is -1.02. The molecule has 7 nitrogen and oxygen atoms in total. The highest BCUT2D eigenvalue weighted by Crippen LogP contribution is 2.17. The van der Waals surface area contributed by atoms with Crippen molar-refractivity contribution in [2.75, 3.05) is 6.54 Å². The van der Waals surface area contributed by atoms with E-state index in [4.69, 9.17) is 10.5 Å². The Morgan fingerprint density at radius 2 is 1.15 bits per heavy atom. The second-order valence-electron chi connectivity index (χ2n) is 11.9. The normalized spacial score (nSPS) is 13.5. The van der Waals surface area contributed by atoms with Crippen LogP contribution in [0.2, 0.25) is 0 Å². The zero-order valence-corrected chi connectivity index (χ0v) is 29.1. The van der Waals surface area contributed by atoms with Crippen molar-refractivity contribution >= 4 is 17.8 Å². The Bertz CT molecular complexity index is 906. The highest BCUT2D eigenvalue weighted by molar-refractivity contribution is 5.83. The Hall–Kier alpha value is -2.93. The Kier molecular flexibility index (Phi) is 31.3. The van der Waals surface area contributed by atoms with E-state index in [1.807, 2.05) is 12.2 Å². The minimum Gasteiger partial charge on any atom is -0.480 e. The number of hydrogen-bond donors (Lipinski definition) is 3. The molecule has 1 amide bonds. The molecule has 0 rings (SSSR count). The molecule has 0 saturated carbocycles. The molecular formula is C39H66N2O5. The first-order valence-electron chi connectivity index (χ1n) is 18.1. The van der Waals surface area contributed by atoms with Gasteiger partial charge < -0.3 is 20.9 Å². The molecule has 2 unspecified atom stereocenters. The standard InChI is InChI=1S/C39H66N2O5/c1-3-5-7-9-11-12-13-14-15-16-17-18-19-21-27-33-38(43)46-35(29-24-20-10-8-6-4-2)30-25-22-23-26-32-37(42)41-36(39(44)45)31-28-34-40/h5,7,11-12,14-15,17-18,21,27,35-36H,3-4,6,8-10,13,16,19-20,22-26,28-34,40H2,1-2H3,(H,41,42)(H,44,45)/b7-5-,12-11-,15-14-,18-17-,27-21-. The molecular weight excluding hydrogens is 576 g/mol. The number of carbonyl (C=O) groups is 3. The summed E-state index contributed by atoms with van der Waals surface area (Å²) in [5.74, 6) is -1.42. The minimum absolute atomic E-state index is 0.0661. The van der Waals surface area contributed by atoms with Gasteiger partial charge in [-0.05, 0) is 83.6 Å². The van der Waals surface area contributed by atoms with Gasteiger partial charge in [-0.2, -0.15) is 0 Å². The van der Waals surface area contributed by atoms with Crippen LogP contribution in [0, 0.1) is 0 Å². The van der Waals surface area contributed by atoms with Gasteiger partial charge in [0.05, 0.1) is 6.42 Å². The summed E-state index contributed by atoms with van der Waals surface area (Å²) < 4.78 is 5.89. The number of carboxylic acids is 1. The summed E-state index contributed by atoms with van der Waals surface area (Å²) in [6, 6.07) is -0.872. The lowest BCUT2D eigenvalue weighted by Gasteiger charge is -2.18. The molecule has 46 heavy (non-hydrogen) atoms. The summed E-state index contributed by atoms with van der Waals surface area (Å²) in [6.45, 7) is 4.76. The number of carbonyl (C=O) groups excluding carboxylic acids is 2. The highest BCUT2D eigenvalue weighted by atomic mass is 16.5. The molecule has 0 aliphatic carbocycles. The fourth-order valence-electron chi connectivity index (χ4n) is 4.94. The van der Waals surface area contributed by atoms with E-state index in [2.05, 4.69) is 67.8 Å². The van der Waals surface area contributed by atoms with E-state index >= 15 is 0 Å². The largest absolute Gasteiger partial charge is 0.480 e. The molecule has 0 fully saturated rings. The molecule has 0 heterocycles. The number of amides is 1. The van der Waals surface area contributed by atoms with Crippen LogP contribution in [-0.4, -0.2) is 41.6 Å². The molecule has 0 aromatic heterocycles. The van der Waals surface area contributed by atoms with Gasteiger partial charge in [0.1, 0.15) is 12.1 Å². The predicted octanol–water partition coefficient (Wildman–Crippen LogP) is 9.44. The number of allylic oxidation sites excluding steroid dienone is 9. The molecule has 7 heteroatoms. The van der Waals surface area contributed by atoms with Crippen molar-refractivity contribution in [1.29, 1.82) is 0 Å². The first kappa shape index (κ1) is 43.1. The molecule has 262 valence electrons. The van der Waals surface area contributed by atoms with Gasteiger partial charge in [0.25, 0.3) is 0 Å². The van der Waals surface area contributed by atoms with Crippen molar-refractivity contribution in [1.82, 2.24) is 5.32 Å². The number of nitrogens with two attached hydrogens (primary N) is 1. The van der Waals surface area contributed by atoms with E-state index in [0.29, 0.717) is 32.2 Å². The highest BCUT2D eigenvalue weighted by Gasteiger charge is 2.19. The lowest BCUT2D eigenvalue weighted by molar-refractivity contribution is -0.148. The summed E-state index contributed by atoms with van der Waals surface area (Å²) in [7, 11) is 0. The monoisotopic (exact) mass is 642 g/mol. The number of unbranched alkanes of at least 4 members (excludes halogenated alkanes) is 8. The molecule has 0 aromatic rings. The Morgan fingerprint density at radius 3 is 1.67 bits per heavy atom. The summed E-state index contributed by atoms with van der Waals surface area (Å²) in [6.07, 6.45) is 39.9. The van der Waals surface area contributed by atoms with Crippen molar-refractivity contribution < 1.29 is 24.2 Å². The first-order chi connectivity index (χ1) is 22.4.